The van der Waals surface area contributed by atoms with Crippen LogP contribution in [0.15, 0.2) is 24.3 Å². The first-order valence-corrected chi connectivity index (χ1v) is 9.04. The standard InChI is InChI=1S/C19H29N3O2/c1-15-4-2-3-5-17(15)14-21-8-10-22(11-9-21)19(23)18(20)16-6-12-24-13-7-16/h2-5,16,18H,6-14,20H2,1H3. The predicted octanol–water partition coefficient (Wildman–Crippen LogP) is 1.39. The number of nitrogens with zero attached hydrogens (tertiary/aromatic N) is 2. The third kappa shape index (κ3) is 4.15. The lowest BCUT2D eigenvalue weighted by atomic mass is 9.91. The number of amides is 1. The molecule has 0 bridgehead atoms. The van der Waals surface area contributed by atoms with Crippen LogP contribution < -0.4 is 5.73 Å². The van der Waals surface area contributed by atoms with Crippen molar-refractivity contribution in [3.8, 4) is 0 Å². The van der Waals surface area contributed by atoms with Gasteiger partial charge in [-0.05, 0) is 36.8 Å². The lowest BCUT2D eigenvalue weighted by Crippen LogP contribution is -2.55. The minimum atomic E-state index is -0.364. The molecule has 24 heavy (non-hydrogen) atoms. The van der Waals surface area contributed by atoms with E-state index in [-0.39, 0.29) is 17.9 Å². The quantitative estimate of drug-likeness (QED) is 0.906. The molecule has 2 saturated heterocycles. The molecule has 2 fully saturated rings. The Morgan fingerprint density at radius 3 is 2.54 bits per heavy atom. The van der Waals surface area contributed by atoms with Gasteiger partial charge in [0.25, 0.3) is 0 Å². The Bertz CT molecular complexity index is 549. The molecule has 0 spiro atoms. The monoisotopic (exact) mass is 331 g/mol. The largest absolute Gasteiger partial charge is 0.381 e. The summed E-state index contributed by atoms with van der Waals surface area (Å²) < 4.78 is 5.37. The summed E-state index contributed by atoms with van der Waals surface area (Å²) in [6, 6.07) is 8.15. The lowest BCUT2D eigenvalue weighted by Gasteiger charge is -2.37. The Labute approximate surface area is 144 Å². The third-order valence-corrected chi connectivity index (χ3v) is 5.40. The Hall–Kier alpha value is -1.43. The fraction of sp³-hybridized carbons (Fsp3) is 0.632. The summed E-state index contributed by atoms with van der Waals surface area (Å²) in [4.78, 5) is 17.0. The Morgan fingerprint density at radius 2 is 1.88 bits per heavy atom. The van der Waals surface area contributed by atoms with Gasteiger partial charge in [-0.1, -0.05) is 24.3 Å². The number of hydrogen-bond acceptors (Lipinski definition) is 4. The van der Waals surface area contributed by atoms with Gasteiger partial charge in [0.15, 0.2) is 0 Å². The Morgan fingerprint density at radius 1 is 1.21 bits per heavy atom. The Kier molecular flexibility index (Phi) is 5.87. The highest BCUT2D eigenvalue weighted by atomic mass is 16.5. The van der Waals surface area contributed by atoms with Crippen LogP contribution in [-0.2, 0) is 16.1 Å². The normalized spacial score (nSPS) is 21.7. The zero-order chi connectivity index (χ0) is 16.9. The minimum Gasteiger partial charge on any atom is -0.381 e. The molecular weight excluding hydrogens is 302 g/mol. The van der Waals surface area contributed by atoms with Crippen molar-refractivity contribution >= 4 is 5.91 Å². The SMILES string of the molecule is Cc1ccccc1CN1CCN(C(=O)C(N)C2CCOCC2)CC1. The van der Waals surface area contributed by atoms with E-state index in [1.54, 1.807) is 0 Å². The summed E-state index contributed by atoms with van der Waals surface area (Å²) in [5.41, 5.74) is 8.94. The van der Waals surface area contributed by atoms with Crippen molar-refractivity contribution in [1.29, 1.82) is 0 Å². The van der Waals surface area contributed by atoms with Gasteiger partial charge in [0.1, 0.15) is 0 Å². The van der Waals surface area contributed by atoms with E-state index < -0.39 is 0 Å². The first kappa shape index (κ1) is 17.4. The molecule has 0 saturated carbocycles. The number of benzene rings is 1. The van der Waals surface area contributed by atoms with Crippen molar-refractivity contribution in [1.82, 2.24) is 9.80 Å². The van der Waals surface area contributed by atoms with Gasteiger partial charge in [-0.3, -0.25) is 9.69 Å². The molecule has 1 aromatic carbocycles. The van der Waals surface area contributed by atoms with Gasteiger partial charge in [-0.15, -0.1) is 0 Å². The highest BCUT2D eigenvalue weighted by molar-refractivity contribution is 5.82. The van der Waals surface area contributed by atoms with Crippen LogP contribution in [0.3, 0.4) is 0 Å². The molecule has 2 aliphatic rings. The van der Waals surface area contributed by atoms with Gasteiger partial charge in [-0.2, -0.15) is 0 Å². The molecule has 0 aliphatic carbocycles. The van der Waals surface area contributed by atoms with Gasteiger partial charge < -0.3 is 15.4 Å². The van der Waals surface area contributed by atoms with Gasteiger partial charge in [-0.25, -0.2) is 0 Å². The van der Waals surface area contributed by atoms with Crippen molar-refractivity contribution in [2.24, 2.45) is 11.7 Å². The van der Waals surface area contributed by atoms with Crippen molar-refractivity contribution in [2.45, 2.75) is 32.4 Å². The number of carbonyl (C=O) groups excluding carboxylic acids is 1. The van der Waals surface area contributed by atoms with Crippen molar-refractivity contribution in [3.05, 3.63) is 35.4 Å². The maximum absolute atomic E-state index is 12.7. The van der Waals surface area contributed by atoms with E-state index in [9.17, 15) is 4.79 Å². The van der Waals surface area contributed by atoms with Gasteiger partial charge in [0.05, 0.1) is 6.04 Å². The highest BCUT2D eigenvalue weighted by Crippen LogP contribution is 2.20. The summed E-state index contributed by atoms with van der Waals surface area (Å²) in [7, 11) is 0. The van der Waals surface area contributed by atoms with Crippen LogP contribution in [0.4, 0.5) is 0 Å². The van der Waals surface area contributed by atoms with Gasteiger partial charge >= 0.3 is 0 Å². The van der Waals surface area contributed by atoms with Crippen LogP contribution in [-0.4, -0.2) is 61.1 Å². The fourth-order valence-electron chi connectivity index (χ4n) is 3.64. The van der Waals surface area contributed by atoms with Crippen molar-refractivity contribution in [2.75, 3.05) is 39.4 Å². The molecule has 2 aliphatic heterocycles. The molecule has 1 unspecified atom stereocenters. The number of carbonyl (C=O) groups is 1. The second kappa shape index (κ2) is 8.10. The summed E-state index contributed by atoms with van der Waals surface area (Å²) in [6.45, 7) is 7.97. The van der Waals surface area contributed by atoms with E-state index in [1.165, 1.54) is 11.1 Å². The number of ether oxygens (including phenoxy) is 1. The van der Waals surface area contributed by atoms with Crippen LogP contribution >= 0.6 is 0 Å². The first-order chi connectivity index (χ1) is 11.6. The zero-order valence-corrected chi connectivity index (χ0v) is 14.6. The average Bonchev–Trinajstić information content (AvgIpc) is 2.64. The molecule has 0 aromatic heterocycles. The summed E-state index contributed by atoms with van der Waals surface area (Å²) in [6.07, 6.45) is 1.81. The Balaban J connectivity index is 1.49. The molecule has 5 nitrogen and oxygen atoms in total. The molecule has 2 N–H and O–H groups in total. The van der Waals surface area contributed by atoms with Crippen LogP contribution in [0.1, 0.15) is 24.0 Å². The summed E-state index contributed by atoms with van der Waals surface area (Å²) in [5.74, 6) is 0.397. The van der Waals surface area contributed by atoms with Gasteiger partial charge in [0, 0.05) is 45.9 Å². The van der Waals surface area contributed by atoms with Crippen LogP contribution in [0.5, 0.6) is 0 Å². The second-order valence-corrected chi connectivity index (χ2v) is 7.00. The second-order valence-electron chi connectivity index (χ2n) is 7.00. The number of hydrogen-bond donors (Lipinski definition) is 1. The van der Waals surface area contributed by atoms with E-state index in [2.05, 4.69) is 36.1 Å². The number of rotatable bonds is 4. The maximum Gasteiger partial charge on any atom is 0.239 e. The molecule has 5 heteroatoms. The molecule has 2 heterocycles. The highest BCUT2D eigenvalue weighted by Gasteiger charge is 2.31. The molecule has 1 aromatic rings. The molecule has 1 atom stereocenters. The zero-order valence-electron chi connectivity index (χ0n) is 14.6. The van der Waals surface area contributed by atoms with Crippen LogP contribution in [0.25, 0.3) is 0 Å². The average molecular weight is 331 g/mol. The molecule has 1 amide bonds. The van der Waals surface area contributed by atoms with E-state index in [0.29, 0.717) is 0 Å². The van der Waals surface area contributed by atoms with Crippen molar-refractivity contribution < 1.29 is 9.53 Å². The molecular formula is C19H29N3O2. The predicted molar refractivity (Wildman–Crippen MR) is 94.6 cm³/mol. The van der Waals surface area contributed by atoms with E-state index >= 15 is 0 Å². The summed E-state index contributed by atoms with van der Waals surface area (Å²) >= 11 is 0. The van der Waals surface area contributed by atoms with E-state index in [4.69, 9.17) is 10.5 Å². The molecule has 3 rings (SSSR count). The number of piperazine rings is 1. The first-order valence-electron chi connectivity index (χ1n) is 9.04. The molecule has 132 valence electrons. The minimum absolute atomic E-state index is 0.123. The van der Waals surface area contributed by atoms with E-state index in [0.717, 1.165) is 58.8 Å². The van der Waals surface area contributed by atoms with Crippen molar-refractivity contribution in [3.63, 3.8) is 0 Å². The lowest BCUT2D eigenvalue weighted by molar-refractivity contribution is -0.136. The topological polar surface area (TPSA) is 58.8 Å². The fourth-order valence-corrected chi connectivity index (χ4v) is 3.64. The molecule has 0 radical (unpaired) electrons. The third-order valence-electron chi connectivity index (χ3n) is 5.40. The van der Waals surface area contributed by atoms with Crippen LogP contribution in [0, 0.1) is 12.8 Å². The number of nitrogens with two attached hydrogens (primary N) is 1. The smallest absolute Gasteiger partial charge is 0.239 e. The van der Waals surface area contributed by atoms with Crippen LogP contribution in [0.2, 0.25) is 0 Å². The number of aryl methyl sites for hydroxylation is 1. The van der Waals surface area contributed by atoms with Gasteiger partial charge in [0.2, 0.25) is 5.91 Å². The van der Waals surface area contributed by atoms with E-state index in [1.807, 2.05) is 4.90 Å². The summed E-state index contributed by atoms with van der Waals surface area (Å²) in [5, 5.41) is 0. The maximum atomic E-state index is 12.7.